The minimum Gasteiger partial charge on any atom is -0.453 e. The number of ether oxygens (including phenoxy) is 1. The first-order valence-corrected chi connectivity index (χ1v) is 8.42. The van der Waals surface area contributed by atoms with E-state index in [0.717, 1.165) is 18.4 Å². The number of hydrogen-bond donors (Lipinski definition) is 1. The Balaban J connectivity index is 1.87. The van der Waals surface area contributed by atoms with Crippen LogP contribution in [-0.4, -0.2) is 55.2 Å². The molecular formula is C17H24ClN3O3. The molecule has 1 saturated heterocycles. The lowest BCUT2D eigenvalue weighted by Gasteiger charge is -2.33. The Morgan fingerprint density at radius 3 is 2.62 bits per heavy atom. The number of halogens is 1. The van der Waals surface area contributed by atoms with Gasteiger partial charge >= 0.3 is 12.1 Å². The third-order valence-corrected chi connectivity index (χ3v) is 4.72. The summed E-state index contributed by atoms with van der Waals surface area (Å²) >= 11 is 6.02. The van der Waals surface area contributed by atoms with E-state index in [1.807, 2.05) is 31.2 Å². The van der Waals surface area contributed by atoms with Gasteiger partial charge in [-0.15, -0.1) is 0 Å². The monoisotopic (exact) mass is 353 g/mol. The molecule has 1 N–H and O–H groups in total. The van der Waals surface area contributed by atoms with Gasteiger partial charge in [0.15, 0.2) is 0 Å². The molecule has 0 radical (unpaired) electrons. The zero-order valence-corrected chi connectivity index (χ0v) is 15.0. The van der Waals surface area contributed by atoms with Gasteiger partial charge in [0.05, 0.1) is 13.2 Å². The van der Waals surface area contributed by atoms with Crippen LogP contribution in [0.25, 0.3) is 0 Å². The largest absolute Gasteiger partial charge is 0.453 e. The number of likely N-dealkylation sites (tertiary alicyclic amines) is 1. The number of hydrogen-bond acceptors (Lipinski definition) is 3. The fraction of sp³-hybridized carbons (Fsp3) is 0.529. The quantitative estimate of drug-likeness (QED) is 0.907. The summed E-state index contributed by atoms with van der Waals surface area (Å²) in [6.45, 7) is 3.14. The summed E-state index contributed by atoms with van der Waals surface area (Å²) in [4.78, 5) is 27.3. The normalized spacial score (nSPS) is 16.4. The molecule has 0 aromatic heterocycles. The maximum atomic E-state index is 12.5. The fourth-order valence-electron chi connectivity index (χ4n) is 2.78. The molecule has 1 unspecified atom stereocenters. The number of carbonyl (C=O) groups excluding carboxylic acids is 2. The van der Waals surface area contributed by atoms with Gasteiger partial charge in [-0.2, -0.15) is 0 Å². The molecule has 7 heteroatoms. The molecule has 1 atom stereocenters. The Morgan fingerprint density at radius 1 is 1.38 bits per heavy atom. The standard InChI is InChI=1S/C17H24ClN3O3/c1-12(13-5-4-6-14(18)11-13)20(2)16(22)19-15-7-9-21(10-8-15)17(23)24-3/h4-6,11-12,15H,7-10H2,1-3H3,(H,19,22). The number of rotatable bonds is 3. The predicted molar refractivity (Wildman–Crippen MR) is 93.2 cm³/mol. The summed E-state index contributed by atoms with van der Waals surface area (Å²) < 4.78 is 4.71. The number of nitrogens with one attached hydrogen (secondary N) is 1. The van der Waals surface area contributed by atoms with Crippen molar-refractivity contribution < 1.29 is 14.3 Å². The van der Waals surface area contributed by atoms with Gasteiger partial charge in [0.2, 0.25) is 0 Å². The molecule has 132 valence electrons. The Hall–Kier alpha value is -1.95. The highest BCUT2D eigenvalue weighted by atomic mass is 35.5. The van der Waals surface area contributed by atoms with Crippen LogP contribution in [0.4, 0.5) is 9.59 Å². The van der Waals surface area contributed by atoms with Crippen LogP contribution in [0.1, 0.15) is 31.4 Å². The summed E-state index contributed by atoms with van der Waals surface area (Å²) in [6, 6.07) is 7.36. The highest BCUT2D eigenvalue weighted by Crippen LogP contribution is 2.22. The minimum atomic E-state index is -0.313. The van der Waals surface area contributed by atoms with Crippen molar-refractivity contribution in [1.29, 1.82) is 0 Å². The van der Waals surface area contributed by atoms with Gasteiger partial charge < -0.3 is 19.9 Å². The highest BCUT2D eigenvalue weighted by Gasteiger charge is 2.26. The van der Waals surface area contributed by atoms with Gasteiger partial charge in [-0.1, -0.05) is 23.7 Å². The molecule has 1 aromatic rings. The molecule has 1 aromatic carbocycles. The second-order valence-corrected chi connectivity index (χ2v) is 6.46. The lowest BCUT2D eigenvalue weighted by molar-refractivity contribution is 0.109. The van der Waals surface area contributed by atoms with Gasteiger partial charge in [0.1, 0.15) is 0 Å². The van der Waals surface area contributed by atoms with Crippen molar-refractivity contribution in [3.05, 3.63) is 34.9 Å². The number of urea groups is 1. The van der Waals surface area contributed by atoms with E-state index >= 15 is 0 Å². The zero-order chi connectivity index (χ0) is 17.7. The molecular weight excluding hydrogens is 330 g/mol. The molecule has 3 amide bonds. The van der Waals surface area contributed by atoms with Gasteiger partial charge in [-0.3, -0.25) is 0 Å². The molecule has 1 fully saturated rings. The lowest BCUT2D eigenvalue weighted by Crippen LogP contribution is -2.49. The number of amides is 3. The van der Waals surface area contributed by atoms with Crippen molar-refractivity contribution in [2.75, 3.05) is 27.2 Å². The average molecular weight is 354 g/mol. The predicted octanol–water partition coefficient (Wildman–Crippen LogP) is 3.27. The van der Waals surface area contributed by atoms with Crippen LogP contribution in [0.15, 0.2) is 24.3 Å². The molecule has 0 aliphatic carbocycles. The molecule has 0 saturated carbocycles. The van der Waals surface area contributed by atoms with Crippen LogP contribution in [0.5, 0.6) is 0 Å². The first-order valence-electron chi connectivity index (χ1n) is 8.04. The van der Waals surface area contributed by atoms with Crippen LogP contribution in [-0.2, 0) is 4.74 Å². The van der Waals surface area contributed by atoms with E-state index in [1.54, 1.807) is 16.8 Å². The minimum absolute atomic E-state index is 0.0624. The summed E-state index contributed by atoms with van der Waals surface area (Å²) in [5, 5.41) is 3.69. The molecule has 24 heavy (non-hydrogen) atoms. The number of benzene rings is 1. The van der Waals surface area contributed by atoms with Crippen molar-refractivity contribution in [1.82, 2.24) is 15.1 Å². The van der Waals surface area contributed by atoms with Crippen molar-refractivity contribution in [2.45, 2.75) is 31.8 Å². The first-order chi connectivity index (χ1) is 11.4. The van der Waals surface area contributed by atoms with Gasteiger partial charge in [-0.25, -0.2) is 9.59 Å². The van der Waals surface area contributed by atoms with Crippen molar-refractivity contribution >= 4 is 23.7 Å². The smallest absolute Gasteiger partial charge is 0.409 e. The second kappa shape index (κ2) is 8.24. The average Bonchev–Trinajstić information content (AvgIpc) is 2.60. The molecule has 0 spiro atoms. The van der Waals surface area contributed by atoms with Gasteiger partial charge in [0.25, 0.3) is 0 Å². The molecule has 0 bridgehead atoms. The highest BCUT2D eigenvalue weighted by molar-refractivity contribution is 6.30. The molecule has 6 nitrogen and oxygen atoms in total. The zero-order valence-electron chi connectivity index (χ0n) is 14.3. The lowest BCUT2D eigenvalue weighted by atomic mass is 10.1. The maximum Gasteiger partial charge on any atom is 0.409 e. The number of piperidine rings is 1. The fourth-order valence-corrected chi connectivity index (χ4v) is 2.98. The topological polar surface area (TPSA) is 61.9 Å². The Morgan fingerprint density at radius 2 is 2.04 bits per heavy atom. The molecule has 1 aliphatic rings. The van der Waals surface area contributed by atoms with Crippen LogP contribution >= 0.6 is 11.6 Å². The van der Waals surface area contributed by atoms with Crippen LogP contribution < -0.4 is 5.32 Å². The van der Waals surface area contributed by atoms with E-state index < -0.39 is 0 Å². The summed E-state index contributed by atoms with van der Waals surface area (Å²) in [7, 11) is 3.15. The van der Waals surface area contributed by atoms with E-state index in [1.165, 1.54) is 7.11 Å². The van der Waals surface area contributed by atoms with Crippen LogP contribution in [0, 0.1) is 0 Å². The van der Waals surface area contributed by atoms with Crippen LogP contribution in [0.2, 0.25) is 5.02 Å². The van der Waals surface area contributed by atoms with E-state index in [2.05, 4.69) is 5.32 Å². The number of nitrogens with zero attached hydrogens (tertiary/aromatic N) is 2. The van der Waals surface area contributed by atoms with Crippen LogP contribution in [0.3, 0.4) is 0 Å². The molecule has 1 aliphatic heterocycles. The third-order valence-electron chi connectivity index (χ3n) is 4.49. The molecule has 2 rings (SSSR count). The van der Waals surface area contributed by atoms with Crippen molar-refractivity contribution in [3.63, 3.8) is 0 Å². The SMILES string of the molecule is COC(=O)N1CCC(NC(=O)N(C)C(C)c2cccc(Cl)c2)CC1. The second-order valence-electron chi connectivity index (χ2n) is 6.02. The van der Waals surface area contributed by atoms with E-state index in [0.29, 0.717) is 18.1 Å². The van der Waals surface area contributed by atoms with E-state index in [-0.39, 0.29) is 24.2 Å². The number of carbonyl (C=O) groups is 2. The van der Waals surface area contributed by atoms with Crippen molar-refractivity contribution in [3.8, 4) is 0 Å². The summed E-state index contributed by atoms with van der Waals surface area (Å²) in [6.07, 6.45) is 1.13. The van der Waals surface area contributed by atoms with Crippen molar-refractivity contribution in [2.24, 2.45) is 0 Å². The summed E-state index contributed by atoms with van der Waals surface area (Å²) in [5.41, 5.74) is 0.987. The third kappa shape index (κ3) is 4.54. The van der Waals surface area contributed by atoms with E-state index in [9.17, 15) is 9.59 Å². The Kier molecular flexibility index (Phi) is 6.31. The number of methoxy groups -OCH3 is 1. The first kappa shape index (κ1) is 18.4. The van der Waals surface area contributed by atoms with Gasteiger partial charge in [-0.05, 0) is 37.5 Å². The van der Waals surface area contributed by atoms with E-state index in [4.69, 9.17) is 16.3 Å². The Bertz CT molecular complexity index is 588. The molecule has 1 heterocycles. The summed E-state index contributed by atoms with van der Waals surface area (Å²) in [5.74, 6) is 0. The Labute approximate surface area is 147 Å². The maximum absolute atomic E-state index is 12.5. The van der Waals surface area contributed by atoms with Gasteiger partial charge in [0, 0.05) is 31.2 Å².